The lowest BCUT2D eigenvalue weighted by Gasteiger charge is -2.28. The van der Waals surface area contributed by atoms with Gasteiger partial charge in [0.05, 0.1) is 12.2 Å². The van der Waals surface area contributed by atoms with Crippen LogP contribution >= 0.6 is 0 Å². The third-order valence-electron chi connectivity index (χ3n) is 4.69. The number of fused-ring (bicyclic) bond motifs is 3. The Hall–Kier alpha value is -0.370. The third-order valence-corrected chi connectivity index (χ3v) is 4.69. The fourth-order valence-corrected chi connectivity index (χ4v) is 3.73. The topological polar surface area (TPSA) is 29.6 Å². The van der Waals surface area contributed by atoms with Crippen LogP contribution in [0.5, 0.6) is 0 Å². The molecule has 1 heterocycles. The zero-order valence-corrected chi connectivity index (χ0v) is 9.99. The number of epoxide rings is 1. The van der Waals surface area contributed by atoms with Crippen LogP contribution in [0.25, 0.3) is 0 Å². The van der Waals surface area contributed by atoms with E-state index in [1.54, 1.807) is 0 Å². The fraction of sp³-hybridized carbons (Fsp3) is 0.929. The van der Waals surface area contributed by atoms with Gasteiger partial charge in [0.1, 0.15) is 5.78 Å². The Labute approximate surface area is 97.7 Å². The molecule has 90 valence electrons. The second kappa shape index (κ2) is 4.48. The van der Waals surface area contributed by atoms with E-state index >= 15 is 0 Å². The van der Waals surface area contributed by atoms with Gasteiger partial charge in [-0.05, 0) is 31.6 Å². The third kappa shape index (κ3) is 2.04. The first-order valence-corrected chi connectivity index (χ1v) is 7.04. The summed E-state index contributed by atoms with van der Waals surface area (Å²) >= 11 is 0. The molecule has 0 unspecified atom stereocenters. The molecule has 3 rings (SSSR count). The summed E-state index contributed by atoms with van der Waals surface area (Å²) < 4.78 is 5.80. The van der Waals surface area contributed by atoms with Crippen LogP contribution in [0, 0.1) is 11.8 Å². The standard InChI is InChI=1S/C14H22O2/c15-12-8-5-9-13-14(16-13)11-7-4-2-1-3-6-10(11)12/h10-11,13-14H,1-9H2/t10-,11+,13+,14-/m1/s1. The lowest BCUT2D eigenvalue weighted by Crippen LogP contribution is -2.31. The zero-order valence-electron chi connectivity index (χ0n) is 9.99. The van der Waals surface area contributed by atoms with Crippen molar-refractivity contribution in [1.29, 1.82) is 0 Å². The Morgan fingerprint density at radius 1 is 0.938 bits per heavy atom. The maximum Gasteiger partial charge on any atom is 0.136 e. The molecule has 0 aromatic heterocycles. The first-order valence-electron chi connectivity index (χ1n) is 7.04. The average Bonchev–Trinajstić information content (AvgIpc) is 2.95. The molecule has 2 saturated carbocycles. The number of rotatable bonds is 0. The number of carbonyl (C=O) groups is 1. The lowest BCUT2D eigenvalue weighted by atomic mass is 9.74. The van der Waals surface area contributed by atoms with Crippen molar-refractivity contribution in [2.24, 2.45) is 11.8 Å². The van der Waals surface area contributed by atoms with Crippen molar-refractivity contribution in [2.45, 2.75) is 70.0 Å². The van der Waals surface area contributed by atoms with E-state index in [1.807, 2.05) is 0 Å². The van der Waals surface area contributed by atoms with E-state index in [0.717, 1.165) is 25.7 Å². The molecule has 1 aliphatic heterocycles. The normalized spacial score (nSPS) is 44.4. The van der Waals surface area contributed by atoms with Crippen molar-refractivity contribution < 1.29 is 9.53 Å². The van der Waals surface area contributed by atoms with Crippen molar-refractivity contribution >= 4 is 5.78 Å². The number of ether oxygens (including phenoxy) is 1. The van der Waals surface area contributed by atoms with Crippen LogP contribution in [0.3, 0.4) is 0 Å². The summed E-state index contributed by atoms with van der Waals surface area (Å²) in [4.78, 5) is 12.2. The molecule has 0 bridgehead atoms. The Kier molecular flexibility index (Phi) is 3.01. The molecule has 0 N–H and O–H groups in total. The number of ketones is 1. The maximum atomic E-state index is 12.2. The largest absolute Gasteiger partial charge is 0.369 e. The van der Waals surface area contributed by atoms with Gasteiger partial charge in [-0.2, -0.15) is 0 Å². The molecule has 0 spiro atoms. The molecule has 0 aromatic rings. The molecule has 2 nitrogen and oxygen atoms in total. The van der Waals surface area contributed by atoms with E-state index in [4.69, 9.17) is 4.74 Å². The van der Waals surface area contributed by atoms with Crippen molar-refractivity contribution in [3.05, 3.63) is 0 Å². The average molecular weight is 222 g/mol. The van der Waals surface area contributed by atoms with Crippen LogP contribution in [-0.2, 0) is 9.53 Å². The summed E-state index contributed by atoms with van der Waals surface area (Å²) in [5.41, 5.74) is 0. The van der Waals surface area contributed by atoms with Crippen molar-refractivity contribution in [2.75, 3.05) is 0 Å². The first kappa shape index (κ1) is 10.8. The first-order chi connectivity index (χ1) is 7.86. The van der Waals surface area contributed by atoms with Crippen LogP contribution in [0.2, 0.25) is 0 Å². The van der Waals surface area contributed by atoms with E-state index in [0.29, 0.717) is 29.8 Å². The van der Waals surface area contributed by atoms with Crippen LogP contribution in [-0.4, -0.2) is 18.0 Å². The molecule has 0 aromatic carbocycles. The van der Waals surface area contributed by atoms with Gasteiger partial charge < -0.3 is 4.74 Å². The molecule has 3 fully saturated rings. The van der Waals surface area contributed by atoms with E-state index in [1.165, 1.54) is 32.1 Å². The van der Waals surface area contributed by atoms with Crippen molar-refractivity contribution in [3.8, 4) is 0 Å². The molecule has 16 heavy (non-hydrogen) atoms. The van der Waals surface area contributed by atoms with Crippen molar-refractivity contribution in [1.82, 2.24) is 0 Å². The van der Waals surface area contributed by atoms with E-state index < -0.39 is 0 Å². The highest BCUT2D eigenvalue weighted by molar-refractivity contribution is 5.81. The van der Waals surface area contributed by atoms with E-state index in [2.05, 4.69) is 0 Å². The molecular formula is C14H22O2. The molecular weight excluding hydrogens is 200 g/mol. The summed E-state index contributed by atoms with van der Waals surface area (Å²) in [5.74, 6) is 1.45. The monoisotopic (exact) mass is 222 g/mol. The summed E-state index contributed by atoms with van der Waals surface area (Å²) in [6.45, 7) is 0. The minimum Gasteiger partial charge on any atom is -0.369 e. The Morgan fingerprint density at radius 2 is 1.75 bits per heavy atom. The van der Waals surface area contributed by atoms with Gasteiger partial charge in [-0.3, -0.25) is 4.79 Å². The maximum absolute atomic E-state index is 12.2. The van der Waals surface area contributed by atoms with Gasteiger partial charge in [-0.15, -0.1) is 0 Å². The number of hydrogen-bond acceptors (Lipinski definition) is 2. The predicted molar refractivity (Wildman–Crippen MR) is 62.2 cm³/mol. The molecule has 2 aliphatic carbocycles. The molecule has 0 amide bonds. The highest BCUT2D eigenvalue weighted by Crippen LogP contribution is 2.44. The molecule has 1 saturated heterocycles. The van der Waals surface area contributed by atoms with Gasteiger partial charge in [0.15, 0.2) is 0 Å². The van der Waals surface area contributed by atoms with E-state index in [9.17, 15) is 4.79 Å². The van der Waals surface area contributed by atoms with Gasteiger partial charge in [-0.25, -0.2) is 0 Å². The molecule has 3 aliphatic rings. The second-order valence-corrected chi connectivity index (χ2v) is 5.76. The highest BCUT2D eigenvalue weighted by atomic mass is 16.6. The predicted octanol–water partition coefficient (Wildman–Crippen LogP) is 3.09. The number of carbonyl (C=O) groups excluding carboxylic acids is 1. The summed E-state index contributed by atoms with van der Waals surface area (Å²) in [6, 6.07) is 0. The van der Waals surface area contributed by atoms with Gasteiger partial charge >= 0.3 is 0 Å². The van der Waals surface area contributed by atoms with Crippen LogP contribution < -0.4 is 0 Å². The molecule has 4 atom stereocenters. The molecule has 2 heteroatoms. The molecule has 0 radical (unpaired) electrons. The lowest BCUT2D eigenvalue weighted by molar-refractivity contribution is -0.125. The Bertz CT molecular complexity index is 274. The summed E-state index contributed by atoms with van der Waals surface area (Å²) in [5, 5.41) is 0. The Morgan fingerprint density at radius 3 is 2.62 bits per heavy atom. The smallest absolute Gasteiger partial charge is 0.136 e. The minimum absolute atomic E-state index is 0.343. The van der Waals surface area contributed by atoms with Crippen molar-refractivity contribution in [3.63, 3.8) is 0 Å². The van der Waals surface area contributed by atoms with Gasteiger partial charge in [0, 0.05) is 12.3 Å². The fourth-order valence-electron chi connectivity index (χ4n) is 3.73. The second-order valence-electron chi connectivity index (χ2n) is 5.76. The Balaban J connectivity index is 1.76. The van der Waals surface area contributed by atoms with E-state index in [-0.39, 0.29) is 0 Å². The summed E-state index contributed by atoms with van der Waals surface area (Å²) in [7, 11) is 0. The quantitative estimate of drug-likeness (QED) is 0.589. The zero-order chi connectivity index (χ0) is 11.0. The highest BCUT2D eigenvalue weighted by Gasteiger charge is 2.49. The van der Waals surface area contributed by atoms with Crippen LogP contribution in [0.4, 0.5) is 0 Å². The number of hydrogen-bond donors (Lipinski definition) is 0. The van der Waals surface area contributed by atoms with Crippen LogP contribution in [0.1, 0.15) is 57.8 Å². The summed E-state index contributed by atoms with van der Waals surface area (Å²) in [6.07, 6.45) is 11.6. The van der Waals surface area contributed by atoms with Gasteiger partial charge in [0.25, 0.3) is 0 Å². The number of Topliss-reactive ketones (excluding diaryl/α,β-unsaturated/α-hetero) is 1. The van der Waals surface area contributed by atoms with Gasteiger partial charge in [0.2, 0.25) is 0 Å². The van der Waals surface area contributed by atoms with Gasteiger partial charge in [-0.1, -0.05) is 25.7 Å². The minimum atomic E-state index is 0.343. The van der Waals surface area contributed by atoms with Crippen LogP contribution in [0.15, 0.2) is 0 Å². The SMILES string of the molecule is O=C1CCC[C@@H]2O[C@@H]2[C@H]2CCCCCC[C@@H]12.